The third-order valence-corrected chi connectivity index (χ3v) is 4.14. The number of aliphatic hydroxyl groups is 1. The van der Waals surface area contributed by atoms with E-state index in [-0.39, 0.29) is 22.5 Å². The van der Waals surface area contributed by atoms with Crippen molar-refractivity contribution in [2.24, 2.45) is 0 Å². The number of unbranched alkanes of at least 4 members (excludes halogenated alkanes) is 2. The minimum atomic E-state index is -0.968. The van der Waals surface area contributed by atoms with E-state index in [1.807, 2.05) is 0 Å². The highest BCUT2D eigenvalue weighted by Crippen LogP contribution is 2.37. The van der Waals surface area contributed by atoms with Crippen molar-refractivity contribution in [3.63, 3.8) is 0 Å². The SMILES string of the molecule is CCCCCOc1ccc2c(oc3c(F)c([C@H](C)O)ccc32)c1F. The third-order valence-electron chi connectivity index (χ3n) is 4.14. The Bertz CT molecular complexity index is 868. The molecule has 0 radical (unpaired) electrons. The first-order valence-corrected chi connectivity index (χ1v) is 8.18. The van der Waals surface area contributed by atoms with Crippen molar-refractivity contribution < 1.29 is 23.0 Å². The van der Waals surface area contributed by atoms with Gasteiger partial charge < -0.3 is 14.3 Å². The molecule has 0 spiro atoms. The Labute approximate surface area is 138 Å². The van der Waals surface area contributed by atoms with Crippen LogP contribution in [0, 0.1) is 11.6 Å². The van der Waals surface area contributed by atoms with Gasteiger partial charge in [-0.25, -0.2) is 4.39 Å². The predicted octanol–water partition coefficient (Wildman–Crippen LogP) is 5.49. The maximum absolute atomic E-state index is 14.6. The van der Waals surface area contributed by atoms with Crippen LogP contribution in [0.5, 0.6) is 5.75 Å². The summed E-state index contributed by atoms with van der Waals surface area (Å²) >= 11 is 0. The topological polar surface area (TPSA) is 42.6 Å². The zero-order chi connectivity index (χ0) is 17.3. The second-order valence-electron chi connectivity index (χ2n) is 5.93. The van der Waals surface area contributed by atoms with E-state index in [1.54, 1.807) is 18.2 Å². The van der Waals surface area contributed by atoms with Gasteiger partial charge in [-0.15, -0.1) is 0 Å². The summed E-state index contributed by atoms with van der Waals surface area (Å²) in [6, 6.07) is 6.33. The summed E-state index contributed by atoms with van der Waals surface area (Å²) < 4.78 is 40.0. The average molecular weight is 334 g/mol. The highest BCUT2D eigenvalue weighted by Gasteiger charge is 2.20. The van der Waals surface area contributed by atoms with E-state index in [1.165, 1.54) is 13.0 Å². The first-order chi connectivity index (χ1) is 11.5. The van der Waals surface area contributed by atoms with Gasteiger partial charge in [0.25, 0.3) is 0 Å². The number of hydrogen-bond acceptors (Lipinski definition) is 3. The van der Waals surface area contributed by atoms with Gasteiger partial charge >= 0.3 is 0 Å². The summed E-state index contributed by atoms with van der Waals surface area (Å²) in [5.74, 6) is -1.18. The molecule has 0 saturated heterocycles. The first kappa shape index (κ1) is 16.7. The van der Waals surface area contributed by atoms with Crippen LogP contribution in [0.4, 0.5) is 8.78 Å². The van der Waals surface area contributed by atoms with Crippen LogP contribution >= 0.6 is 0 Å². The third kappa shape index (κ3) is 2.84. The summed E-state index contributed by atoms with van der Waals surface area (Å²) in [6.07, 6.45) is 1.95. The maximum Gasteiger partial charge on any atom is 0.208 e. The van der Waals surface area contributed by atoms with Crippen molar-refractivity contribution in [3.8, 4) is 5.75 Å². The fourth-order valence-corrected chi connectivity index (χ4v) is 2.80. The molecule has 1 aromatic heterocycles. The molecular weight excluding hydrogens is 314 g/mol. The van der Waals surface area contributed by atoms with Crippen LogP contribution < -0.4 is 4.74 Å². The monoisotopic (exact) mass is 334 g/mol. The summed E-state index contributed by atoms with van der Waals surface area (Å²) in [6.45, 7) is 3.98. The molecule has 0 amide bonds. The maximum atomic E-state index is 14.6. The van der Waals surface area contributed by atoms with E-state index in [0.29, 0.717) is 17.4 Å². The summed E-state index contributed by atoms with van der Waals surface area (Å²) in [5.41, 5.74) is 0.0445. The minimum Gasteiger partial charge on any atom is -0.490 e. The molecule has 3 nitrogen and oxygen atoms in total. The van der Waals surface area contributed by atoms with Crippen LogP contribution in [0.2, 0.25) is 0 Å². The Kier molecular flexibility index (Phi) is 4.71. The van der Waals surface area contributed by atoms with Gasteiger partial charge in [-0.3, -0.25) is 0 Å². The van der Waals surface area contributed by atoms with Crippen LogP contribution in [-0.4, -0.2) is 11.7 Å². The van der Waals surface area contributed by atoms with Gasteiger partial charge in [-0.05, 0) is 31.5 Å². The summed E-state index contributed by atoms with van der Waals surface area (Å²) in [7, 11) is 0. The van der Waals surface area contributed by atoms with Crippen LogP contribution in [0.3, 0.4) is 0 Å². The normalized spacial score (nSPS) is 12.9. The lowest BCUT2D eigenvalue weighted by Gasteiger charge is -2.06. The number of furan rings is 1. The number of aliphatic hydroxyl groups excluding tert-OH is 1. The lowest BCUT2D eigenvalue weighted by molar-refractivity contribution is 0.194. The summed E-state index contributed by atoms with van der Waals surface area (Å²) in [5, 5.41) is 10.6. The fraction of sp³-hybridized carbons (Fsp3) is 0.368. The second kappa shape index (κ2) is 6.77. The Morgan fingerprint density at radius 2 is 1.71 bits per heavy atom. The van der Waals surface area contributed by atoms with Gasteiger partial charge in [0.2, 0.25) is 5.82 Å². The molecule has 0 aliphatic rings. The largest absolute Gasteiger partial charge is 0.490 e. The molecule has 0 aliphatic carbocycles. The molecule has 2 aromatic carbocycles. The number of halogens is 2. The smallest absolute Gasteiger partial charge is 0.208 e. The summed E-state index contributed by atoms with van der Waals surface area (Å²) in [4.78, 5) is 0. The quantitative estimate of drug-likeness (QED) is 0.606. The van der Waals surface area contributed by atoms with Crippen molar-refractivity contribution >= 4 is 21.9 Å². The van der Waals surface area contributed by atoms with E-state index < -0.39 is 17.7 Å². The van der Waals surface area contributed by atoms with Crippen LogP contribution in [-0.2, 0) is 0 Å². The van der Waals surface area contributed by atoms with E-state index in [0.717, 1.165) is 19.3 Å². The molecule has 0 unspecified atom stereocenters. The molecule has 0 fully saturated rings. The first-order valence-electron chi connectivity index (χ1n) is 8.18. The van der Waals surface area contributed by atoms with Crippen molar-refractivity contribution in [2.75, 3.05) is 6.61 Å². The zero-order valence-corrected chi connectivity index (χ0v) is 13.7. The predicted molar refractivity (Wildman–Crippen MR) is 89.3 cm³/mol. The van der Waals surface area contributed by atoms with Crippen molar-refractivity contribution in [2.45, 2.75) is 39.2 Å². The molecule has 0 aliphatic heterocycles. The Morgan fingerprint density at radius 1 is 1.04 bits per heavy atom. The van der Waals surface area contributed by atoms with Crippen molar-refractivity contribution in [1.82, 2.24) is 0 Å². The lowest BCUT2D eigenvalue weighted by Crippen LogP contribution is -1.99. The van der Waals surface area contributed by atoms with Gasteiger partial charge in [0.1, 0.15) is 0 Å². The van der Waals surface area contributed by atoms with Gasteiger partial charge in [0, 0.05) is 16.3 Å². The van der Waals surface area contributed by atoms with Gasteiger partial charge in [0.05, 0.1) is 12.7 Å². The molecule has 24 heavy (non-hydrogen) atoms. The number of benzene rings is 2. The molecule has 3 aromatic rings. The number of ether oxygens (including phenoxy) is 1. The lowest BCUT2D eigenvalue weighted by atomic mass is 10.1. The molecule has 1 atom stereocenters. The van der Waals surface area contributed by atoms with E-state index in [9.17, 15) is 13.9 Å². The van der Waals surface area contributed by atoms with E-state index in [2.05, 4.69) is 6.92 Å². The van der Waals surface area contributed by atoms with Crippen LogP contribution in [0.25, 0.3) is 21.9 Å². The molecule has 1 heterocycles. The Morgan fingerprint density at radius 3 is 2.38 bits per heavy atom. The average Bonchev–Trinajstić information content (AvgIpc) is 2.94. The highest BCUT2D eigenvalue weighted by atomic mass is 19.1. The highest BCUT2D eigenvalue weighted by molar-refractivity contribution is 6.05. The molecular formula is C19H20F2O3. The minimum absolute atomic E-state index is 0.0281. The molecule has 128 valence electrons. The number of fused-ring (bicyclic) bond motifs is 3. The van der Waals surface area contributed by atoms with Crippen LogP contribution in [0.15, 0.2) is 28.7 Å². The standard InChI is InChI=1S/C19H20F2O3/c1-3-4-5-10-23-15-9-8-14-13-7-6-12(11(2)22)16(20)18(13)24-19(14)17(15)21/h6-9,11,22H,3-5,10H2,1-2H3/t11-/m0/s1. The zero-order valence-electron chi connectivity index (χ0n) is 13.7. The Balaban J connectivity index is 2.05. The molecule has 1 N–H and O–H groups in total. The van der Waals surface area contributed by atoms with Gasteiger partial charge in [-0.1, -0.05) is 25.8 Å². The Hall–Kier alpha value is -2.14. The van der Waals surface area contributed by atoms with Crippen molar-refractivity contribution in [1.29, 1.82) is 0 Å². The fourth-order valence-electron chi connectivity index (χ4n) is 2.80. The molecule has 3 rings (SSSR count). The molecule has 0 saturated carbocycles. The van der Waals surface area contributed by atoms with E-state index >= 15 is 0 Å². The number of rotatable bonds is 6. The number of hydrogen-bond donors (Lipinski definition) is 1. The van der Waals surface area contributed by atoms with Crippen LogP contribution in [0.1, 0.15) is 44.8 Å². The second-order valence-corrected chi connectivity index (χ2v) is 5.93. The van der Waals surface area contributed by atoms with E-state index in [4.69, 9.17) is 9.15 Å². The molecule has 5 heteroatoms. The molecule has 0 bridgehead atoms. The van der Waals surface area contributed by atoms with Crippen molar-refractivity contribution in [3.05, 3.63) is 41.5 Å². The van der Waals surface area contributed by atoms with Gasteiger partial charge in [0.15, 0.2) is 22.7 Å². The van der Waals surface area contributed by atoms with Gasteiger partial charge in [-0.2, -0.15) is 4.39 Å².